The topological polar surface area (TPSA) is 29.3 Å². The number of hydrogen-bond acceptors (Lipinski definition) is 3. The first-order chi connectivity index (χ1) is 8.73. The van der Waals surface area contributed by atoms with E-state index in [9.17, 15) is 0 Å². The number of nitrogens with two attached hydrogens (primary N) is 1. The number of thiophene rings is 1. The van der Waals surface area contributed by atoms with E-state index < -0.39 is 0 Å². The van der Waals surface area contributed by atoms with Crippen LogP contribution in [0.15, 0.2) is 17.5 Å². The van der Waals surface area contributed by atoms with Gasteiger partial charge in [0.25, 0.3) is 0 Å². The zero-order chi connectivity index (χ0) is 13.0. The van der Waals surface area contributed by atoms with Crippen LogP contribution in [0.3, 0.4) is 0 Å². The van der Waals surface area contributed by atoms with Crippen molar-refractivity contribution in [3.8, 4) is 0 Å². The Morgan fingerprint density at radius 2 is 2.33 bits per heavy atom. The molecule has 1 aromatic rings. The first-order valence-electron chi connectivity index (χ1n) is 7.20. The predicted octanol–water partition coefficient (Wildman–Crippen LogP) is 3.48. The van der Waals surface area contributed by atoms with Crippen LogP contribution in [0.2, 0.25) is 0 Å². The van der Waals surface area contributed by atoms with E-state index in [0.29, 0.717) is 0 Å². The Hall–Kier alpha value is -0.380. The zero-order valence-electron chi connectivity index (χ0n) is 11.7. The van der Waals surface area contributed by atoms with Gasteiger partial charge in [0.2, 0.25) is 0 Å². The highest BCUT2D eigenvalue weighted by Crippen LogP contribution is 2.38. The molecule has 1 aliphatic rings. The fraction of sp³-hybridized carbons (Fsp3) is 0.733. The zero-order valence-corrected chi connectivity index (χ0v) is 12.5. The van der Waals surface area contributed by atoms with Gasteiger partial charge in [-0.3, -0.25) is 4.90 Å². The lowest BCUT2D eigenvalue weighted by molar-refractivity contribution is 0.0113. The van der Waals surface area contributed by atoms with E-state index in [-0.39, 0.29) is 5.54 Å². The summed E-state index contributed by atoms with van der Waals surface area (Å²) in [7, 11) is 0. The van der Waals surface area contributed by atoms with Crippen LogP contribution in [0.25, 0.3) is 0 Å². The third-order valence-electron chi connectivity index (χ3n) is 4.71. The van der Waals surface area contributed by atoms with Crippen molar-refractivity contribution < 1.29 is 0 Å². The predicted molar refractivity (Wildman–Crippen MR) is 79.8 cm³/mol. The molecule has 0 amide bonds. The maximum absolute atomic E-state index is 6.20. The maximum atomic E-state index is 6.20. The smallest absolute Gasteiger partial charge is 0.0360 e. The molecule has 2 rings (SSSR count). The molecule has 2 N–H and O–H groups in total. The summed E-state index contributed by atoms with van der Waals surface area (Å²) in [6.45, 7) is 7.62. The van der Waals surface area contributed by atoms with Gasteiger partial charge in [0.05, 0.1) is 0 Å². The Kier molecular flexibility index (Phi) is 4.82. The van der Waals surface area contributed by atoms with Crippen LogP contribution in [-0.2, 0) is 6.54 Å². The second-order valence-corrected chi connectivity index (χ2v) is 6.58. The molecule has 3 heteroatoms. The van der Waals surface area contributed by atoms with Crippen molar-refractivity contribution in [1.29, 1.82) is 0 Å². The van der Waals surface area contributed by atoms with Crippen LogP contribution in [0.5, 0.6) is 0 Å². The molecule has 2 nitrogen and oxygen atoms in total. The van der Waals surface area contributed by atoms with Crippen LogP contribution < -0.4 is 5.73 Å². The van der Waals surface area contributed by atoms with Gasteiger partial charge in [-0.2, -0.15) is 0 Å². The highest BCUT2D eigenvalue weighted by Gasteiger charge is 2.41. The van der Waals surface area contributed by atoms with Gasteiger partial charge in [-0.25, -0.2) is 0 Å². The van der Waals surface area contributed by atoms with Gasteiger partial charge in [-0.15, -0.1) is 11.3 Å². The van der Waals surface area contributed by atoms with E-state index in [1.54, 1.807) is 0 Å². The normalized spacial score (nSPS) is 28.8. The molecule has 1 aliphatic carbocycles. The number of likely N-dealkylation sites (N-methyl/N-ethyl adjacent to an activating group) is 1. The molecule has 2 unspecified atom stereocenters. The van der Waals surface area contributed by atoms with Crippen molar-refractivity contribution in [2.45, 2.75) is 51.6 Å². The van der Waals surface area contributed by atoms with Gasteiger partial charge >= 0.3 is 0 Å². The summed E-state index contributed by atoms with van der Waals surface area (Å²) in [4.78, 5) is 4.09. The largest absolute Gasteiger partial charge is 0.329 e. The van der Waals surface area contributed by atoms with E-state index in [1.807, 2.05) is 11.3 Å². The summed E-state index contributed by atoms with van der Waals surface area (Å²) in [5.41, 5.74) is 6.43. The molecule has 1 heterocycles. The molecule has 0 saturated heterocycles. The molecule has 0 bridgehead atoms. The van der Waals surface area contributed by atoms with Gasteiger partial charge in [-0.1, -0.05) is 32.8 Å². The molecular formula is C15H26N2S. The molecule has 1 aromatic heterocycles. The Morgan fingerprint density at radius 1 is 1.50 bits per heavy atom. The SMILES string of the molecule is CCN(Cc1cccs1)C1(CN)CCCCC1C. The molecule has 0 aromatic carbocycles. The molecule has 0 radical (unpaired) electrons. The van der Waals surface area contributed by atoms with Gasteiger partial charge < -0.3 is 5.73 Å². The molecule has 2 atom stereocenters. The minimum absolute atomic E-state index is 0.233. The van der Waals surface area contributed by atoms with Crippen molar-refractivity contribution in [2.24, 2.45) is 11.7 Å². The van der Waals surface area contributed by atoms with Gasteiger partial charge in [0.15, 0.2) is 0 Å². The van der Waals surface area contributed by atoms with E-state index in [2.05, 4.69) is 36.3 Å². The second kappa shape index (κ2) is 6.18. The average molecular weight is 266 g/mol. The summed E-state index contributed by atoms with van der Waals surface area (Å²) in [6.07, 6.45) is 5.31. The summed E-state index contributed by atoms with van der Waals surface area (Å²) < 4.78 is 0. The van der Waals surface area contributed by atoms with Gasteiger partial charge in [-0.05, 0) is 36.8 Å². The minimum Gasteiger partial charge on any atom is -0.329 e. The monoisotopic (exact) mass is 266 g/mol. The highest BCUT2D eigenvalue weighted by molar-refractivity contribution is 7.09. The molecule has 0 aliphatic heterocycles. The third kappa shape index (κ3) is 2.63. The first-order valence-corrected chi connectivity index (χ1v) is 8.08. The summed E-state index contributed by atoms with van der Waals surface area (Å²) >= 11 is 1.86. The minimum atomic E-state index is 0.233. The van der Waals surface area contributed by atoms with E-state index >= 15 is 0 Å². The van der Waals surface area contributed by atoms with E-state index in [0.717, 1.165) is 25.6 Å². The quantitative estimate of drug-likeness (QED) is 0.884. The van der Waals surface area contributed by atoms with Crippen molar-refractivity contribution in [1.82, 2.24) is 4.90 Å². The maximum Gasteiger partial charge on any atom is 0.0360 e. The molecule has 18 heavy (non-hydrogen) atoms. The van der Waals surface area contributed by atoms with Crippen LogP contribution >= 0.6 is 11.3 Å². The third-order valence-corrected chi connectivity index (χ3v) is 5.57. The Morgan fingerprint density at radius 3 is 2.89 bits per heavy atom. The van der Waals surface area contributed by atoms with Crippen molar-refractivity contribution in [3.05, 3.63) is 22.4 Å². The summed E-state index contributed by atoms with van der Waals surface area (Å²) in [5, 5.41) is 2.17. The van der Waals surface area contributed by atoms with Crippen molar-refractivity contribution in [3.63, 3.8) is 0 Å². The van der Waals surface area contributed by atoms with Crippen LogP contribution in [0.4, 0.5) is 0 Å². The van der Waals surface area contributed by atoms with Crippen LogP contribution in [0.1, 0.15) is 44.4 Å². The second-order valence-electron chi connectivity index (χ2n) is 5.55. The lowest BCUT2D eigenvalue weighted by atomic mass is 9.72. The standard InChI is InChI=1S/C15H26N2S/c1-3-17(11-14-8-6-10-18-14)15(12-16)9-5-4-7-13(15)2/h6,8,10,13H,3-5,7,9,11-12,16H2,1-2H3. The summed E-state index contributed by atoms with van der Waals surface area (Å²) in [5.74, 6) is 0.719. The number of nitrogens with zero attached hydrogens (tertiary/aromatic N) is 1. The first kappa shape index (κ1) is 14.0. The Balaban J connectivity index is 2.17. The van der Waals surface area contributed by atoms with Crippen LogP contribution in [0, 0.1) is 5.92 Å². The van der Waals surface area contributed by atoms with E-state index in [4.69, 9.17) is 5.73 Å². The lowest BCUT2D eigenvalue weighted by Gasteiger charge is -2.50. The number of hydrogen-bond donors (Lipinski definition) is 1. The fourth-order valence-electron chi connectivity index (χ4n) is 3.47. The van der Waals surface area contributed by atoms with Crippen molar-refractivity contribution in [2.75, 3.05) is 13.1 Å². The Bertz CT molecular complexity index is 349. The van der Waals surface area contributed by atoms with Gasteiger partial charge in [0.1, 0.15) is 0 Å². The molecule has 0 spiro atoms. The molecule has 102 valence electrons. The highest BCUT2D eigenvalue weighted by atomic mass is 32.1. The summed E-state index contributed by atoms with van der Waals surface area (Å²) in [6, 6.07) is 4.39. The van der Waals surface area contributed by atoms with Gasteiger partial charge in [0, 0.05) is 23.5 Å². The lowest BCUT2D eigenvalue weighted by Crippen LogP contribution is -2.58. The van der Waals surface area contributed by atoms with E-state index in [1.165, 1.54) is 30.6 Å². The number of rotatable bonds is 5. The Labute approximate surface area is 115 Å². The molecule has 1 fully saturated rings. The molecular weight excluding hydrogens is 240 g/mol. The van der Waals surface area contributed by atoms with Crippen LogP contribution in [-0.4, -0.2) is 23.5 Å². The molecule has 1 saturated carbocycles. The fourth-order valence-corrected chi connectivity index (χ4v) is 4.19. The average Bonchev–Trinajstić information content (AvgIpc) is 2.90. The van der Waals surface area contributed by atoms with Crippen molar-refractivity contribution >= 4 is 11.3 Å².